The molecule has 0 aromatic carbocycles. The van der Waals surface area contributed by atoms with Crippen LogP contribution in [0.3, 0.4) is 0 Å². The maximum absolute atomic E-state index is 11.2. The number of aliphatic hydroxyl groups is 1. The Bertz CT molecular complexity index is 145. The number of rotatable bonds is 6. The van der Waals surface area contributed by atoms with Gasteiger partial charge in [0.2, 0.25) is 0 Å². The molecule has 0 rings (SSSR count). The number of hydrogen-bond acceptors (Lipinski definition) is 3. The number of methoxy groups -OCH3 is 1. The van der Waals surface area contributed by atoms with Crippen LogP contribution in [-0.4, -0.2) is 24.3 Å². The van der Waals surface area contributed by atoms with E-state index in [4.69, 9.17) is 0 Å². The first-order valence-electron chi connectivity index (χ1n) is 4.93. The molecule has 13 heavy (non-hydrogen) atoms. The average molecular weight is 188 g/mol. The second-order valence-corrected chi connectivity index (χ2v) is 3.25. The second-order valence-electron chi connectivity index (χ2n) is 3.25. The molecule has 78 valence electrons. The van der Waals surface area contributed by atoms with E-state index >= 15 is 0 Å². The molecule has 0 saturated heterocycles. The van der Waals surface area contributed by atoms with Gasteiger partial charge in [0.15, 0.2) is 0 Å². The predicted octanol–water partition coefficient (Wildman–Crippen LogP) is 1.74. The van der Waals surface area contributed by atoms with Crippen molar-refractivity contribution in [2.45, 2.75) is 45.6 Å². The van der Waals surface area contributed by atoms with Crippen molar-refractivity contribution in [2.24, 2.45) is 5.92 Å². The van der Waals surface area contributed by atoms with E-state index < -0.39 is 6.10 Å². The molecule has 2 unspecified atom stereocenters. The van der Waals surface area contributed by atoms with Crippen LogP contribution in [0.25, 0.3) is 0 Å². The fourth-order valence-electron chi connectivity index (χ4n) is 1.33. The average Bonchev–Trinajstić information content (AvgIpc) is 2.17. The van der Waals surface area contributed by atoms with Gasteiger partial charge in [0.25, 0.3) is 0 Å². The highest BCUT2D eigenvalue weighted by Crippen LogP contribution is 2.16. The lowest BCUT2D eigenvalue weighted by molar-refractivity contribution is -0.149. The zero-order chi connectivity index (χ0) is 10.3. The number of hydrogen-bond donors (Lipinski definition) is 1. The van der Waals surface area contributed by atoms with Gasteiger partial charge in [0.05, 0.1) is 19.1 Å². The van der Waals surface area contributed by atoms with Crippen LogP contribution >= 0.6 is 0 Å². The highest BCUT2D eigenvalue weighted by atomic mass is 16.5. The Morgan fingerprint density at radius 2 is 2.08 bits per heavy atom. The number of esters is 1. The van der Waals surface area contributed by atoms with Crippen molar-refractivity contribution in [1.82, 2.24) is 0 Å². The van der Waals surface area contributed by atoms with Gasteiger partial charge in [0, 0.05) is 0 Å². The van der Waals surface area contributed by atoms with Crippen molar-refractivity contribution >= 4 is 5.97 Å². The normalized spacial score (nSPS) is 15.1. The molecule has 2 atom stereocenters. The first-order valence-corrected chi connectivity index (χ1v) is 4.93. The Labute approximate surface area is 80.1 Å². The van der Waals surface area contributed by atoms with E-state index in [-0.39, 0.29) is 11.9 Å². The van der Waals surface area contributed by atoms with Crippen molar-refractivity contribution in [3.63, 3.8) is 0 Å². The van der Waals surface area contributed by atoms with Gasteiger partial charge in [-0.25, -0.2) is 0 Å². The maximum Gasteiger partial charge on any atom is 0.311 e. The van der Waals surface area contributed by atoms with E-state index in [2.05, 4.69) is 11.7 Å². The fraction of sp³-hybridized carbons (Fsp3) is 0.900. The lowest BCUT2D eigenvalue weighted by Gasteiger charge is -2.18. The standard InChI is InChI=1S/C10H20O3/c1-4-6-7-8(9(11)5-2)10(12)13-3/h8-9,11H,4-7H2,1-3H3. The predicted molar refractivity (Wildman–Crippen MR) is 51.3 cm³/mol. The second kappa shape index (κ2) is 6.89. The molecule has 0 saturated carbocycles. The first-order chi connectivity index (χ1) is 6.17. The molecule has 3 heteroatoms. The van der Waals surface area contributed by atoms with Gasteiger partial charge in [-0.1, -0.05) is 26.7 Å². The molecule has 0 bridgehead atoms. The number of unbranched alkanes of at least 4 members (excludes halogenated alkanes) is 1. The van der Waals surface area contributed by atoms with Gasteiger partial charge in [-0.2, -0.15) is 0 Å². The summed E-state index contributed by atoms with van der Waals surface area (Å²) in [5, 5.41) is 9.55. The van der Waals surface area contributed by atoms with Crippen LogP contribution in [-0.2, 0) is 9.53 Å². The van der Waals surface area contributed by atoms with Crippen molar-refractivity contribution in [1.29, 1.82) is 0 Å². The van der Waals surface area contributed by atoms with Crippen LogP contribution < -0.4 is 0 Å². The summed E-state index contributed by atoms with van der Waals surface area (Å²) < 4.78 is 4.63. The number of ether oxygens (including phenoxy) is 1. The van der Waals surface area contributed by atoms with Crippen LogP contribution in [0.15, 0.2) is 0 Å². The summed E-state index contributed by atoms with van der Waals surface area (Å²) in [6.07, 6.45) is 2.75. The third-order valence-corrected chi connectivity index (χ3v) is 2.26. The molecule has 0 aliphatic rings. The van der Waals surface area contributed by atoms with Crippen LogP contribution in [0, 0.1) is 5.92 Å². The summed E-state index contributed by atoms with van der Waals surface area (Å²) in [5.41, 5.74) is 0. The van der Waals surface area contributed by atoms with Crippen LogP contribution in [0.2, 0.25) is 0 Å². The van der Waals surface area contributed by atoms with Crippen molar-refractivity contribution < 1.29 is 14.6 Å². The minimum absolute atomic E-state index is 0.289. The first kappa shape index (κ1) is 12.4. The van der Waals surface area contributed by atoms with E-state index in [9.17, 15) is 9.90 Å². The van der Waals surface area contributed by atoms with Gasteiger partial charge in [0.1, 0.15) is 0 Å². The Kier molecular flexibility index (Phi) is 6.59. The maximum atomic E-state index is 11.2. The third-order valence-electron chi connectivity index (χ3n) is 2.26. The zero-order valence-electron chi connectivity index (χ0n) is 8.75. The quantitative estimate of drug-likeness (QED) is 0.646. The van der Waals surface area contributed by atoms with Gasteiger partial charge in [-0.05, 0) is 12.8 Å². The number of carbonyl (C=O) groups excluding carboxylic acids is 1. The Balaban J connectivity index is 4.09. The highest BCUT2D eigenvalue weighted by Gasteiger charge is 2.25. The van der Waals surface area contributed by atoms with Crippen molar-refractivity contribution in [3.05, 3.63) is 0 Å². The molecule has 0 aliphatic heterocycles. The van der Waals surface area contributed by atoms with Gasteiger partial charge in [-0.3, -0.25) is 4.79 Å². The van der Waals surface area contributed by atoms with Crippen LogP contribution in [0.4, 0.5) is 0 Å². The fourth-order valence-corrected chi connectivity index (χ4v) is 1.33. The van der Waals surface area contributed by atoms with E-state index in [0.717, 1.165) is 19.3 Å². The third kappa shape index (κ3) is 4.27. The van der Waals surface area contributed by atoms with Crippen molar-refractivity contribution in [2.75, 3.05) is 7.11 Å². The number of carbonyl (C=O) groups is 1. The molecule has 0 aromatic heterocycles. The SMILES string of the molecule is CCCCC(C(=O)OC)C(O)CC. The molecule has 0 radical (unpaired) electrons. The van der Waals surface area contributed by atoms with Gasteiger partial charge < -0.3 is 9.84 Å². The summed E-state index contributed by atoms with van der Waals surface area (Å²) in [6.45, 7) is 3.93. The Hall–Kier alpha value is -0.570. The summed E-state index contributed by atoms with van der Waals surface area (Å²) in [6, 6.07) is 0. The molecule has 0 fully saturated rings. The monoisotopic (exact) mass is 188 g/mol. The summed E-state index contributed by atoms with van der Waals surface area (Å²) >= 11 is 0. The largest absolute Gasteiger partial charge is 0.469 e. The molecule has 0 heterocycles. The molecule has 0 spiro atoms. The smallest absolute Gasteiger partial charge is 0.311 e. The number of aliphatic hydroxyl groups excluding tert-OH is 1. The van der Waals surface area contributed by atoms with Crippen molar-refractivity contribution in [3.8, 4) is 0 Å². The highest BCUT2D eigenvalue weighted by molar-refractivity contribution is 5.72. The summed E-state index contributed by atoms with van der Waals surface area (Å²) in [5.74, 6) is -0.627. The molecule has 1 N–H and O–H groups in total. The van der Waals surface area contributed by atoms with E-state index in [0.29, 0.717) is 6.42 Å². The van der Waals surface area contributed by atoms with E-state index in [1.54, 1.807) is 0 Å². The topological polar surface area (TPSA) is 46.5 Å². The molecule has 0 aliphatic carbocycles. The van der Waals surface area contributed by atoms with Gasteiger partial charge >= 0.3 is 5.97 Å². The summed E-state index contributed by atoms with van der Waals surface area (Å²) in [4.78, 5) is 11.2. The molecule has 3 nitrogen and oxygen atoms in total. The molecular formula is C10H20O3. The zero-order valence-corrected chi connectivity index (χ0v) is 8.75. The van der Waals surface area contributed by atoms with Crippen LogP contribution in [0.1, 0.15) is 39.5 Å². The molecular weight excluding hydrogens is 168 g/mol. The van der Waals surface area contributed by atoms with Gasteiger partial charge in [-0.15, -0.1) is 0 Å². The minimum Gasteiger partial charge on any atom is -0.469 e. The van der Waals surface area contributed by atoms with E-state index in [1.165, 1.54) is 7.11 Å². The van der Waals surface area contributed by atoms with E-state index in [1.807, 2.05) is 6.92 Å². The lowest BCUT2D eigenvalue weighted by atomic mass is 9.94. The van der Waals surface area contributed by atoms with Crippen LogP contribution in [0.5, 0.6) is 0 Å². The molecule has 0 aromatic rings. The Morgan fingerprint density at radius 1 is 1.46 bits per heavy atom. The lowest BCUT2D eigenvalue weighted by Crippen LogP contribution is -2.28. The Morgan fingerprint density at radius 3 is 2.46 bits per heavy atom. The minimum atomic E-state index is -0.556. The molecule has 0 amide bonds. The summed E-state index contributed by atoms with van der Waals surface area (Å²) in [7, 11) is 1.36.